The molecule has 158 valence electrons. The molecule has 3 aromatic carbocycles. The average molecular weight is 411 g/mol. The molecule has 0 saturated carbocycles. The van der Waals surface area contributed by atoms with E-state index in [9.17, 15) is 0 Å². The molecule has 0 fully saturated rings. The normalized spacial score (nSPS) is 11.3. The zero-order chi connectivity index (χ0) is 22.0. The van der Waals surface area contributed by atoms with Gasteiger partial charge in [-0.25, -0.2) is 4.98 Å². The Morgan fingerprint density at radius 1 is 0.774 bits per heavy atom. The monoisotopic (exact) mass is 410 g/mol. The van der Waals surface area contributed by atoms with Gasteiger partial charge in [0.25, 0.3) is 0 Å². The van der Waals surface area contributed by atoms with Crippen LogP contribution in [0.2, 0.25) is 0 Å². The quantitative estimate of drug-likeness (QED) is 0.330. The van der Waals surface area contributed by atoms with Crippen molar-refractivity contribution in [2.45, 2.75) is 39.5 Å². The largest absolute Gasteiger partial charge is 0.496 e. The zero-order valence-corrected chi connectivity index (χ0v) is 19.0. The first kappa shape index (κ1) is 20.9. The van der Waals surface area contributed by atoms with E-state index in [1.807, 2.05) is 24.4 Å². The van der Waals surface area contributed by atoms with Gasteiger partial charge < -0.3 is 4.74 Å². The fourth-order valence-electron chi connectivity index (χ4n) is 4.15. The molecule has 4 aromatic rings. The summed E-state index contributed by atoms with van der Waals surface area (Å²) in [4.78, 5) is 4.74. The van der Waals surface area contributed by atoms with Crippen LogP contribution in [0.4, 0.5) is 0 Å². The van der Waals surface area contributed by atoms with Crippen LogP contribution in [0.1, 0.15) is 50.7 Å². The third-order valence-corrected chi connectivity index (χ3v) is 5.75. The maximum Gasteiger partial charge on any atom is 0.148 e. The van der Waals surface area contributed by atoms with Crippen LogP contribution in [-0.4, -0.2) is 16.7 Å². The predicted molar refractivity (Wildman–Crippen MR) is 129 cm³/mol. The van der Waals surface area contributed by atoms with Crippen LogP contribution in [0.5, 0.6) is 5.75 Å². The number of imidazole rings is 1. The standard InChI is InChI=1S/C28H30N2O/c1-19(2)24-17-22(21-11-7-6-8-12-21)18-25(20(3)4)27(24)30-16-15-29-28(30)23-13-9-10-14-26(23)31-5/h6-20H,1-5H3. The number of ether oxygens (including phenoxy) is 1. The molecule has 0 bridgehead atoms. The second-order valence-electron chi connectivity index (χ2n) is 8.50. The van der Waals surface area contributed by atoms with E-state index in [1.54, 1.807) is 7.11 Å². The fourth-order valence-corrected chi connectivity index (χ4v) is 4.15. The minimum absolute atomic E-state index is 0.365. The summed E-state index contributed by atoms with van der Waals surface area (Å²) in [6, 6.07) is 23.4. The Kier molecular flexibility index (Phi) is 5.94. The van der Waals surface area contributed by atoms with Crippen LogP contribution >= 0.6 is 0 Å². The van der Waals surface area contributed by atoms with E-state index in [2.05, 4.69) is 87.0 Å². The minimum atomic E-state index is 0.365. The molecule has 1 aromatic heterocycles. The number of nitrogens with zero attached hydrogens (tertiary/aromatic N) is 2. The van der Waals surface area contributed by atoms with Gasteiger partial charge in [0.1, 0.15) is 11.6 Å². The Bertz CT molecular complexity index is 1140. The van der Waals surface area contributed by atoms with Crippen LogP contribution in [0.3, 0.4) is 0 Å². The first-order valence-electron chi connectivity index (χ1n) is 10.9. The molecule has 3 nitrogen and oxygen atoms in total. The lowest BCUT2D eigenvalue weighted by atomic mass is 9.88. The zero-order valence-electron chi connectivity index (χ0n) is 19.0. The molecule has 0 N–H and O–H groups in total. The number of aromatic nitrogens is 2. The first-order chi connectivity index (χ1) is 15.0. The topological polar surface area (TPSA) is 27.1 Å². The molecule has 1 heterocycles. The Labute approximate surface area is 185 Å². The van der Waals surface area contributed by atoms with E-state index in [0.717, 1.165) is 17.1 Å². The predicted octanol–water partition coefficient (Wildman–Crippen LogP) is 7.46. The summed E-state index contributed by atoms with van der Waals surface area (Å²) < 4.78 is 7.87. The van der Waals surface area contributed by atoms with Crippen molar-refractivity contribution in [3.8, 4) is 34.0 Å². The summed E-state index contributed by atoms with van der Waals surface area (Å²) in [5.74, 6) is 2.45. The number of hydrogen-bond acceptors (Lipinski definition) is 2. The highest BCUT2D eigenvalue weighted by molar-refractivity contribution is 5.72. The summed E-state index contributed by atoms with van der Waals surface area (Å²) in [5, 5.41) is 0. The van der Waals surface area contributed by atoms with Gasteiger partial charge in [-0.3, -0.25) is 4.57 Å². The number of hydrogen-bond donors (Lipinski definition) is 0. The molecule has 0 unspecified atom stereocenters. The van der Waals surface area contributed by atoms with Crippen LogP contribution in [-0.2, 0) is 0 Å². The SMILES string of the molecule is COc1ccccc1-c1nccn1-c1c(C(C)C)cc(-c2ccccc2)cc1C(C)C. The fraction of sp³-hybridized carbons (Fsp3) is 0.250. The van der Waals surface area contributed by atoms with E-state index in [-0.39, 0.29) is 0 Å². The van der Waals surface area contributed by atoms with Gasteiger partial charge >= 0.3 is 0 Å². The first-order valence-corrected chi connectivity index (χ1v) is 10.9. The summed E-state index contributed by atoms with van der Waals surface area (Å²) >= 11 is 0. The third-order valence-electron chi connectivity index (χ3n) is 5.75. The van der Waals surface area contributed by atoms with E-state index in [1.165, 1.54) is 27.9 Å². The molecule has 0 saturated heterocycles. The second kappa shape index (κ2) is 8.81. The van der Waals surface area contributed by atoms with Gasteiger partial charge in [0.2, 0.25) is 0 Å². The minimum Gasteiger partial charge on any atom is -0.496 e. The summed E-state index contributed by atoms with van der Waals surface area (Å²) in [7, 11) is 1.71. The Hall–Kier alpha value is -3.33. The summed E-state index contributed by atoms with van der Waals surface area (Å²) in [5.41, 5.74) is 7.36. The molecule has 0 radical (unpaired) electrons. The van der Waals surface area contributed by atoms with E-state index in [4.69, 9.17) is 9.72 Å². The molecular formula is C28H30N2O. The van der Waals surface area contributed by atoms with Gasteiger partial charge in [-0.15, -0.1) is 0 Å². The molecule has 0 atom stereocenters. The molecule has 0 spiro atoms. The van der Waals surface area contributed by atoms with Crippen molar-refractivity contribution in [2.75, 3.05) is 7.11 Å². The number of methoxy groups -OCH3 is 1. The highest BCUT2D eigenvalue weighted by Gasteiger charge is 2.21. The molecule has 0 aliphatic heterocycles. The van der Waals surface area contributed by atoms with E-state index < -0.39 is 0 Å². The summed E-state index contributed by atoms with van der Waals surface area (Å²) in [6.07, 6.45) is 3.94. The van der Waals surface area contributed by atoms with Crippen LogP contribution < -0.4 is 4.74 Å². The average Bonchev–Trinajstić information content (AvgIpc) is 3.28. The molecule has 4 rings (SSSR count). The highest BCUT2D eigenvalue weighted by atomic mass is 16.5. The second-order valence-corrected chi connectivity index (χ2v) is 8.50. The van der Waals surface area contributed by atoms with Crippen LogP contribution in [0, 0.1) is 0 Å². The lowest BCUT2D eigenvalue weighted by Gasteiger charge is -2.24. The highest BCUT2D eigenvalue weighted by Crippen LogP contribution is 2.39. The van der Waals surface area contributed by atoms with Gasteiger partial charge in [0.05, 0.1) is 18.4 Å². The van der Waals surface area contributed by atoms with E-state index >= 15 is 0 Å². The molecule has 0 amide bonds. The number of benzene rings is 3. The Balaban J connectivity index is 1.99. The lowest BCUT2D eigenvalue weighted by molar-refractivity contribution is 0.416. The molecular weight excluding hydrogens is 380 g/mol. The Morgan fingerprint density at radius 3 is 2.00 bits per heavy atom. The van der Waals surface area contributed by atoms with Crippen molar-refractivity contribution in [1.82, 2.24) is 9.55 Å². The third kappa shape index (κ3) is 4.00. The van der Waals surface area contributed by atoms with Crippen molar-refractivity contribution < 1.29 is 4.74 Å². The maximum atomic E-state index is 5.64. The van der Waals surface area contributed by atoms with Gasteiger partial charge in [0, 0.05) is 12.4 Å². The van der Waals surface area contributed by atoms with Gasteiger partial charge in [-0.1, -0.05) is 70.2 Å². The lowest BCUT2D eigenvalue weighted by Crippen LogP contribution is -2.09. The maximum absolute atomic E-state index is 5.64. The van der Waals surface area contributed by atoms with E-state index in [0.29, 0.717) is 11.8 Å². The molecule has 3 heteroatoms. The molecule has 31 heavy (non-hydrogen) atoms. The smallest absolute Gasteiger partial charge is 0.148 e. The van der Waals surface area contributed by atoms with Crippen molar-refractivity contribution in [3.05, 3.63) is 90.3 Å². The van der Waals surface area contributed by atoms with Crippen molar-refractivity contribution >= 4 is 0 Å². The van der Waals surface area contributed by atoms with Gasteiger partial charge in [-0.2, -0.15) is 0 Å². The van der Waals surface area contributed by atoms with Crippen molar-refractivity contribution in [3.63, 3.8) is 0 Å². The molecule has 0 aliphatic carbocycles. The Morgan fingerprint density at radius 2 is 1.39 bits per heavy atom. The van der Waals surface area contributed by atoms with Gasteiger partial charge in [-0.05, 0) is 58.4 Å². The molecule has 0 aliphatic rings. The van der Waals surface area contributed by atoms with Crippen molar-refractivity contribution in [2.24, 2.45) is 0 Å². The van der Waals surface area contributed by atoms with Gasteiger partial charge in [0.15, 0.2) is 0 Å². The van der Waals surface area contributed by atoms with Crippen LogP contribution in [0.15, 0.2) is 79.1 Å². The van der Waals surface area contributed by atoms with Crippen molar-refractivity contribution in [1.29, 1.82) is 0 Å². The summed E-state index contributed by atoms with van der Waals surface area (Å²) in [6.45, 7) is 9.05. The van der Waals surface area contributed by atoms with Crippen LogP contribution in [0.25, 0.3) is 28.2 Å². The number of rotatable bonds is 6. The number of para-hydroxylation sites is 1.